The van der Waals surface area contributed by atoms with E-state index in [-0.39, 0.29) is 17.5 Å². The molecule has 4 rings (SSSR count). The normalized spacial score (nSPS) is 23.2. The van der Waals surface area contributed by atoms with Crippen molar-refractivity contribution in [1.82, 2.24) is 34.9 Å². The SMILES string of the molecule is CN(C)C1CC(CNC(=O)N2CC(c3nc4c(cnn4C)c(=O)[nH]3)C2)C1. The van der Waals surface area contributed by atoms with E-state index in [4.69, 9.17) is 0 Å². The number of nitrogens with one attached hydrogen (secondary N) is 2. The molecule has 9 heteroatoms. The molecule has 1 saturated carbocycles. The minimum atomic E-state index is -0.179. The van der Waals surface area contributed by atoms with Gasteiger partial charge in [-0.2, -0.15) is 5.10 Å². The van der Waals surface area contributed by atoms with Crippen LogP contribution in [-0.2, 0) is 7.05 Å². The van der Waals surface area contributed by atoms with Crippen LogP contribution in [0.25, 0.3) is 11.0 Å². The molecule has 2 aromatic rings. The van der Waals surface area contributed by atoms with E-state index in [1.54, 1.807) is 16.6 Å². The maximum Gasteiger partial charge on any atom is 0.317 e. The number of hydrogen-bond acceptors (Lipinski definition) is 5. The molecule has 1 aliphatic heterocycles. The van der Waals surface area contributed by atoms with Gasteiger partial charge in [-0.3, -0.25) is 9.48 Å². The van der Waals surface area contributed by atoms with Crippen molar-refractivity contribution in [1.29, 1.82) is 0 Å². The molecule has 0 unspecified atom stereocenters. The second kappa shape index (κ2) is 6.39. The number of aromatic nitrogens is 4. The monoisotopic (exact) mass is 359 g/mol. The number of aryl methyl sites for hydroxylation is 1. The van der Waals surface area contributed by atoms with Crippen LogP contribution in [0.3, 0.4) is 0 Å². The highest BCUT2D eigenvalue weighted by molar-refractivity contribution is 5.75. The molecule has 0 aromatic carbocycles. The zero-order valence-electron chi connectivity index (χ0n) is 15.4. The van der Waals surface area contributed by atoms with Crippen LogP contribution in [0.1, 0.15) is 24.6 Å². The lowest BCUT2D eigenvalue weighted by molar-refractivity contribution is 0.115. The quantitative estimate of drug-likeness (QED) is 0.807. The Morgan fingerprint density at radius 2 is 2.12 bits per heavy atom. The van der Waals surface area contributed by atoms with E-state index >= 15 is 0 Å². The zero-order chi connectivity index (χ0) is 18.4. The van der Waals surface area contributed by atoms with Gasteiger partial charge in [0.15, 0.2) is 5.65 Å². The molecule has 3 heterocycles. The Morgan fingerprint density at radius 1 is 1.38 bits per heavy atom. The van der Waals surface area contributed by atoms with Crippen molar-refractivity contribution in [3.63, 3.8) is 0 Å². The third-order valence-electron chi connectivity index (χ3n) is 5.66. The first-order valence-corrected chi connectivity index (χ1v) is 9.03. The number of amides is 2. The van der Waals surface area contributed by atoms with Crippen LogP contribution >= 0.6 is 0 Å². The number of likely N-dealkylation sites (tertiary alicyclic amines) is 1. The van der Waals surface area contributed by atoms with Gasteiger partial charge in [-0.25, -0.2) is 9.78 Å². The predicted molar refractivity (Wildman–Crippen MR) is 97.0 cm³/mol. The first-order valence-electron chi connectivity index (χ1n) is 9.03. The van der Waals surface area contributed by atoms with Gasteiger partial charge in [-0.05, 0) is 32.9 Å². The molecular weight excluding hydrogens is 334 g/mol. The van der Waals surface area contributed by atoms with Crippen molar-refractivity contribution in [2.24, 2.45) is 13.0 Å². The van der Waals surface area contributed by atoms with Gasteiger partial charge in [-0.1, -0.05) is 0 Å². The summed E-state index contributed by atoms with van der Waals surface area (Å²) in [6.07, 6.45) is 3.81. The summed E-state index contributed by atoms with van der Waals surface area (Å²) in [6.45, 7) is 1.88. The van der Waals surface area contributed by atoms with Crippen molar-refractivity contribution in [3.05, 3.63) is 22.4 Å². The van der Waals surface area contributed by atoms with Crippen LogP contribution in [0.15, 0.2) is 11.0 Å². The smallest absolute Gasteiger partial charge is 0.317 e. The highest BCUT2D eigenvalue weighted by Crippen LogP contribution is 2.30. The number of hydrogen-bond donors (Lipinski definition) is 2. The molecule has 1 aliphatic carbocycles. The molecule has 0 radical (unpaired) electrons. The molecule has 2 aliphatic rings. The van der Waals surface area contributed by atoms with Gasteiger partial charge < -0.3 is 20.1 Å². The average molecular weight is 359 g/mol. The van der Waals surface area contributed by atoms with E-state index in [9.17, 15) is 9.59 Å². The average Bonchev–Trinajstić information content (AvgIpc) is 2.86. The minimum Gasteiger partial charge on any atom is -0.338 e. The highest BCUT2D eigenvalue weighted by Gasteiger charge is 2.35. The fourth-order valence-electron chi connectivity index (χ4n) is 3.69. The molecule has 2 aromatic heterocycles. The topological polar surface area (TPSA) is 99.2 Å². The van der Waals surface area contributed by atoms with Crippen molar-refractivity contribution >= 4 is 17.1 Å². The summed E-state index contributed by atoms with van der Waals surface area (Å²) in [5.41, 5.74) is 0.397. The fourth-order valence-corrected chi connectivity index (χ4v) is 3.69. The van der Waals surface area contributed by atoms with E-state index in [0.29, 0.717) is 41.9 Å². The summed E-state index contributed by atoms with van der Waals surface area (Å²) in [4.78, 5) is 35.7. The van der Waals surface area contributed by atoms with Crippen LogP contribution in [0.4, 0.5) is 4.79 Å². The maximum absolute atomic E-state index is 12.3. The predicted octanol–water partition coefficient (Wildman–Crippen LogP) is 0.106. The summed E-state index contributed by atoms with van der Waals surface area (Å²) in [7, 11) is 5.96. The second-order valence-electron chi connectivity index (χ2n) is 7.70. The molecular formula is C17H25N7O2. The first-order chi connectivity index (χ1) is 12.4. The zero-order valence-corrected chi connectivity index (χ0v) is 15.4. The van der Waals surface area contributed by atoms with Crippen LogP contribution in [-0.4, -0.2) is 75.4 Å². The molecule has 0 atom stereocenters. The van der Waals surface area contributed by atoms with Gasteiger partial charge in [0.25, 0.3) is 5.56 Å². The van der Waals surface area contributed by atoms with Gasteiger partial charge >= 0.3 is 6.03 Å². The molecule has 0 bridgehead atoms. The number of urea groups is 1. The summed E-state index contributed by atoms with van der Waals surface area (Å²) in [5.74, 6) is 1.27. The lowest BCUT2D eigenvalue weighted by Crippen LogP contribution is -2.54. The molecule has 2 fully saturated rings. The third kappa shape index (κ3) is 2.96. The van der Waals surface area contributed by atoms with Gasteiger partial charge in [0.2, 0.25) is 0 Å². The van der Waals surface area contributed by atoms with Gasteiger partial charge in [0.1, 0.15) is 11.2 Å². The number of carbonyl (C=O) groups is 1. The molecule has 0 spiro atoms. The van der Waals surface area contributed by atoms with Crippen LogP contribution < -0.4 is 10.9 Å². The van der Waals surface area contributed by atoms with E-state index in [1.807, 2.05) is 0 Å². The largest absolute Gasteiger partial charge is 0.338 e. The van der Waals surface area contributed by atoms with Gasteiger partial charge in [-0.15, -0.1) is 0 Å². The molecule has 26 heavy (non-hydrogen) atoms. The van der Waals surface area contributed by atoms with Crippen LogP contribution in [0.5, 0.6) is 0 Å². The number of rotatable bonds is 4. The summed E-state index contributed by atoms with van der Waals surface area (Å²) < 4.78 is 1.59. The summed E-state index contributed by atoms with van der Waals surface area (Å²) in [5, 5.41) is 7.58. The van der Waals surface area contributed by atoms with Crippen molar-refractivity contribution in [3.8, 4) is 0 Å². The number of carbonyl (C=O) groups excluding carboxylic acids is 1. The van der Waals surface area contributed by atoms with Crippen molar-refractivity contribution in [2.45, 2.75) is 24.8 Å². The number of H-pyrrole nitrogens is 1. The Morgan fingerprint density at radius 3 is 2.81 bits per heavy atom. The standard InChI is InChI=1S/C17H25N7O2/c1-22(2)12-4-10(5-12)6-18-17(26)24-8-11(9-24)14-20-15-13(16(25)21-14)7-19-23(15)3/h7,10-12H,4-6,8-9H2,1-3H3,(H,18,26)(H,20,21,25). The van der Waals surface area contributed by atoms with E-state index < -0.39 is 0 Å². The number of aromatic amines is 1. The Labute approximate surface area is 151 Å². The van der Waals surface area contributed by atoms with Gasteiger partial charge in [0.05, 0.1) is 12.1 Å². The highest BCUT2D eigenvalue weighted by atomic mass is 16.2. The minimum absolute atomic E-state index is 0.0292. The Kier molecular flexibility index (Phi) is 4.18. The lowest BCUT2D eigenvalue weighted by atomic mass is 9.79. The molecule has 2 amide bonds. The van der Waals surface area contributed by atoms with Crippen molar-refractivity contribution in [2.75, 3.05) is 33.7 Å². The fraction of sp³-hybridized carbons (Fsp3) is 0.647. The number of fused-ring (bicyclic) bond motifs is 1. The first kappa shape index (κ1) is 17.0. The Hall–Kier alpha value is -2.42. The Bertz CT molecular complexity index is 875. The summed E-state index contributed by atoms with van der Waals surface area (Å²) in [6, 6.07) is 0.619. The third-order valence-corrected chi connectivity index (χ3v) is 5.66. The molecule has 2 N–H and O–H groups in total. The van der Waals surface area contributed by atoms with Crippen LogP contribution in [0.2, 0.25) is 0 Å². The van der Waals surface area contributed by atoms with Crippen molar-refractivity contribution < 1.29 is 4.79 Å². The summed E-state index contributed by atoms with van der Waals surface area (Å²) >= 11 is 0. The van der Waals surface area contributed by atoms with Crippen LogP contribution in [0, 0.1) is 5.92 Å². The van der Waals surface area contributed by atoms with Gasteiger partial charge in [0, 0.05) is 32.7 Å². The Balaban J connectivity index is 1.29. The van der Waals surface area contributed by atoms with E-state index in [1.165, 1.54) is 6.20 Å². The molecule has 1 saturated heterocycles. The number of nitrogens with zero attached hydrogens (tertiary/aromatic N) is 5. The van der Waals surface area contributed by atoms with E-state index in [0.717, 1.165) is 19.4 Å². The molecule has 140 valence electrons. The molecule has 9 nitrogen and oxygen atoms in total. The lowest BCUT2D eigenvalue weighted by Gasteiger charge is -2.41. The second-order valence-corrected chi connectivity index (χ2v) is 7.70. The maximum atomic E-state index is 12.3. The van der Waals surface area contributed by atoms with E-state index in [2.05, 4.69) is 39.4 Å².